The van der Waals surface area contributed by atoms with Crippen LogP contribution in [-0.4, -0.2) is 31.8 Å². The zero-order valence-corrected chi connectivity index (χ0v) is 19.9. The van der Waals surface area contributed by atoms with E-state index in [4.69, 9.17) is 9.47 Å². The molecule has 1 heterocycles. The van der Waals surface area contributed by atoms with Gasteiger partial charge in [0.2, 0.25) is 5.43 Å². The molecule has 0 aliphatic heterocycles. The van der Waals surface area contributed by atoms with E-state index in [0.717, 1.165) is 43.6 Å². The number of aromatic amines is 1. The predicted molar refractivity (Wildman–Crippen MR) is 133 cm³/mol. The summed E-state index contributed by atoms with van der Waals surface area (Å²) in [6, 6.07) is 10.2. The fraction of sp³-hybridized carbons (Fsp3) is 0.444. The quantitative estimate of drug-likeness (QED) is 0.318. The van der Waals surface area contributed by atoms with Gasteiger partial charge in [-0.05, 0) is 75.0 Å². The van der Waals surface area contributed by atoms with E-state index in [1.807, 2.05) is 31.2 Å². The van der Waals surface area contributed by atoms with E-state index in [9.17, 15) is 9.18 Å². The highest BCUT2D eigenvalue weighted by molar-refractivity contribution is 5.89. The molecule has 0 fully saturated rings. The number of pyridine rings is 1. The van der Waals surface area contributed by atoms with Crippen LogP contribution in [0.4, 0.5) is 4.39 Å². The maximum atomic E-state index is 14.8. The molecule has 0 unspecified atom stereocenters. The average Bonchev–Trinajstić information content (AvgIpc) is 2.83. The Balaban J connectivity index is 2.01. The van der Waals surface area contributed by atoms with Crippen LogP contribution in [0.1, 0.15) is 51.6 Å². The highest BCUT2D eigenvalue weighted by atomic mass is 19.1. The smallest absolute Gasteiger partial charge is 0.200 e. The van der Waals surface area contributed by atoms with Crippen molar-refractivity contribution in [2.24, 2.45) is 0 Å². The van der Waals surface area contributed by atoms with Gasteiger partial charge >= 0.3 is 0 Å². The van der Waals surface area contributed by atoms with Gasteiger partial charge in [0.15, 0.2) is 0 Å². The average molecular weight is 455 g/mol. The molecule has 1 aromatic heterocycles. The second-order valence-electron chi connectivity index (χ2n) is 8.24. The number of aromatic nitrogens is 1. The topological polar surface area (TPSA) is 63.3 Å². The van der Waals surface area contributed by atoms with Crippen molar-refractivity contribution in [1.82, 2.24) is 10.3 Å². The SMILES string of the molecule is CCCCNCCCCc1[nH]c2c(OCCC)ccc(F)c2c(=O)c1-c1ccc(OC)cc1. The summed E-state index contributed by atoms with van der Waals surface area (Å²) in [4.78, 5) is 17.0. The molecular formula is C27H35FN2O3. The lowest BCUT2D eigenvalue weighted by atomic mass is 9.97. The molecule has 0 saturated carbocycles. The minimum absolute atomic E-state index is 0.0411. The van der Waals surface area contributed by atoms with Crippen molar-refractivity contribution in [2.75, 3.05) is 26.8 Å². The predicted octanol–water partition coefficient (Wildman–Crippen LogP) is 5.84. The van der Waals surface area contributed by atoms with Gasteiger partial charge in [0.05, 0.1) is 24.6 Å². The molecule has 5 nitrogen and oxygen atoms in total. The minimum Gasteiger partial charge on any atom is -0.497 e. The lowest BCUT2D eigenvalue weighted by Crippen LogP contribution is -2.17. The third-order valence-corrected chi connectivity index (χ3v) is 5.73. The number of fused-ring (bicyclic) bond motifs is 1. The van der Waals surface area contributed by atoms with Crippen LogP contribution in [0.3, 0.4) is 0 Å². The Morgan fingerprint density at radius 2 is 1.73 bits per heavy atom. The van der Waals surface area contributed by atoms with E-state index in [1.54, 1.807) is 13.2 Å². The third kappa shape index (κ3) is 6.14. The van der Waals surface area contributed by atoms with E-state index >= 15 is 0 Å². The van der Waals surface area contributed by atoms with Gasteiger partial charge in [0.1, 0.15) is 17.3 Å². The fourth-order valence-electron chi connectivity index (χ4n) is 3.94. The number of aryl methyl sites for hydroxylation is 1. The van der Waals surface area contributed by atoms with Crippen LogP contribution in [0.5, 0.6) is 11.5 Å². The summed E-state index contributed by atoms with van der Waals surface area (Å²) in [6.45, 7) is 6.66. The first-order chi connectivity index (χ1) is 16.1. The number of methoxy groups -OCH3 is 1. The van der Waals surface area contributed by atoms with Crippen molar-refractivity contribution >= 4 is 10.9 Å². The third-order valence-electron chi connectivity index (χ3n) is 5.73. The van der Waals surface area contributed by atoms with E-state index in [-0.39, 0.29) is 10.8 Å². The number of ether oxygens (including phenoxy) is 2. The van der Waals surface area contributed by atoms with Crippen molar-refractivity contribution in [3.05, 3.63) is 58.1 Å². The Morgan fingerprint density at radius 1 is 0.970 bits per heavy atom. The molecule has 0 bridgehead atoms. The molecule has 2 aromatic carbocycles. The normalized spacial score (nSPS) is 11.2. The molecule has 3 rings (SSSR count). The number of nitrogens with one attached hydrogen (secondary N) is 2. The van der Waals surface area contributed by atoms with Crippen LogP contribution in [0.25, 0.3) is 22.0 Å². The van der Waals surface area contributed by atoms with Crippen molar-refractivity contribution in [3.63, 3.8) is 0 Å². The molecule has 6 heteroatoms. The maximum Gasteiger partial charge on any atom is 0.200 e. The van der Waals surface area contributed by atoms with Gasteiger partial charge in [-0.1, -0.05) is 32.4 Å². The van der Waals surface area contributed by atoms with E-state index in [2.05, 4.69) is 17.2 Å². The van der Waals surface area contributed by atoms with Crippen LogP contribution in [0.2, 0.25) is 0 Å². The van der Waals surface area contributed by atoms with Gasteiger partial charge in [-0.15, -0.1) is 0 Å². The molecule has 0 amide bonds. The zero-order valence-electron chi connectivity index (χ0n) is 19.9. The Hall–Kier alpha value is -2.86. The molecule has 178 valence electrons. The maximum absolute atomic E-state index is 14.8. The zero-order chi connectivity index (χ0) is 23.6. The van der Waals surface area contributed by atoms with E-state index < -0.39 is 5.82 Å². The standard InChI is InChI=1S/C27H35FN2O3/c1-4-6-16-29-17-8-7-9-22-24(19-10-12-20(32-3)13-11-19)27(31)25-21(28)14-15-23(26(25)30-22)33-18-5-2/h10-15,29H,4-9,16-18H2,1-3H3,(H,30,31). The molecular weight excluding hydrogens is 419 g/mol. The summed E-state index contributed by atoms with van der Waals surface area (Å²) in [7, 11) is 1.60. The van der Waals surface area contributed by atoms with Crippen molar-refractivity contribution < 1.29 is 13.9 Å². The molecule has 0 radical (unpaired) electrons. The summed E-state index contributed by atoms with van der Waals surface area (Å²) in [6.07, 6.45) is 5.76. The number of halogens is 1. The highest BCUT2D eigenvalue weighted by Gasteiger charge is 2.19. The van der Waals surface area contributed by atoms with Crippen molar-refractivity contribution in [2.45, 2.75) is 52.4 Å². The summed E-state index contributed by atoms with van der Waals surface area (Å²) < 4.78 is 25.9. The summed E-state index contributed by atoms with van der Waals surface area (Å²) in [5.41, 5.74) is 2.18. The van der Waals surface area contributed by atoms with Crippen LogP contribution in [0, 0.1) is 5.82 Å². The summed E-state index contributed by atoms with van der Waals surface area (Å²) >= 11 is 0. The Labute approximate surface area is 195 Å². The number of unbranched alkanes of at least 4 members (excludes halogenated alkanes) is 2. The van der Waals surface area contributed by atoms with E-state index in [0.29, 0.717) is 35.6 Å². The summed E-state index contributed by atoms with van der Waals surface area (Å²) in [5, 5.41) is 3.50. The van der Waals surface area contributed by atoms with Gasteiger partial charge in [0.25, 0.3) is 0 Å². The van der Waals surface area contributed by atoms with Crippen molar-refractivity contribution in [3.8, 4) is 22.6 Å². The molecule has 0 saturated heterocycles. The Morgan fingerprint density at radius 3 is 2.42 bits per heavy atom. The number of H-pyrrole nitrogens is 1. The van der Waals surface area contributed by atoms with Crippen LogP contribution < -0.4 is 20.2 Å². The first-order valence-electron chi connectivity index (χ1n) is 12.0. The van der Waals surface area contributed by atoms with Gasteiger partial charge in [-0.25, -0.2) is 4.39 Å². The summed E-state index contributed by atoms with van der Waals surface area (Å²) in [5.74, 6) is 0.669. The first kappa shape index (κ1) is 24.8. The number of hydrogen-bond acceptors (Lipinski definition) is 4. The molecule has 3 aromatic rings. The first-order valence-corrected chi connectivity index (χ1v) is 12.0. The van der Waals surface area contributed by atoms with E-state index in [1.165, 1.54) is 18.9 Å². The van der Waals surface area contributed by atoms with Gasteiger partial charge in [0, 0.05) is 11.3 Å². The lowest BCUT2D eigenvalue weighted by molar-refractivity contribution is 0.320. The second-order valence-corrected chi connectivity index (χ2v) is 8.24. The van der Waals surface area contributed by atoms with Crippen LogP contribution in [-0.2, 0) is 6.42 Å². The minimum atomic E-state index is -0.545. The number of benzene rings is 2. The Kier molecular flexibility index (Phi) is 9.31. The molecule has 0 aliphatic carbocycles. The molecule has 0 spiro atoms. The van der Waals surface area contributed by atoms with Crippen molar-refractivity contribution in [1.29, 1.82) is 0 Å². The van der Waals surface area contributed by atoms with Gasteiger partial charge < -0.3 is 19.8 Å². The number of hydrogen-bond donors (Lipinski definition) is 2. The highest BCUT2D eigenvalue weighted by Crippen LogP contribution is 2.30. The molecule has 0 aliphatic rings. The second kappa shape index (κ2) is 12.4. The van der Waals surface area contributed by atoms with Gasteiger partial charge in [-0.3, -0.25) is 4.79 Å². The monoisotopic (exact) mass is 454 g/mol. The molecule has 0 atom stereocenters. The fourth-order valence-corrected chi connectivity index (χ4v) is 3.94. The largest absolute Gasteiger partial charge is 0.497 e. The van der Waals surface area contributed by atoms with Gasteiger partial charge in [-0.2, -0.15) is 0 Å². The van der Waals surface area contributed by atoms with Crippen LogP contribution >= 0.6 is 0 Å². The Bertz CT molecular complexity index is 1090. The van der Waals surface area contributed by atoms with Crippen LogP contribution in [0.15, 0.2) is 41.2 Å². The number of rotatable bonds is 13. The lowest BCUT2D eigenvalue weighted by Gasteiger charge is -2.15. The molecule has 2 N–H and O–H groups in total. The molecule has 33 heavy (non-hydrogen) atoms.